The minimum absolute atomic E-state index is 0.0223. The summed E-state index contributed by atoms with van der Waals surface area (Å²) in [6.07, 6.45) is 5.72. The van der Waals surface area contributed by atoms with E-state index in [9.17, 15) is 58.5 Å². The van der Waals surface area contributed by atoms with Crippen LogP contribution < -0.4 is 18.9 Å². The molecule has 2 aliphatic carbocycles. The number of esters is 9. The molecule has 0 N–H and O–H groups in total. The zero-order valence-corrected chi connectivity index (χ0v) is 47.6. The van der Waals surface area contributed by atoms with Crippen LogP contribution in [0.15, 0.2) is 106 Å². The summed E-state index contributed by atoms with van der Waals surface area (Å²) < 4.78 is 48.4. The highest BCUT2D eigenvalue weighted by atomic mass is 32.2. The molecule has 0 saturated heterocycles. The van der Waals surface area contributed by atoms with Crippen LogP contribution in [-0.4, -0.2) is 92.5 Å². The van der Waals surface area contributed by atoms with Gasteiger partial charge in [-0.1, -0.05) is 60.9 Å². The minimum Gasteiger partial charge on any atom is -0.465 e. The van der Waals surface area contributed by atoms with Crippen molar-refractivity contribution < 1.29 is 90.6 Å². The van der Waals surface area contributed by atoms with Crippen LogP contribution in [-0.2, 0) is 84.5 Å². The van der Waals surface area contributed by atoms with Gasteiger partial charge in [0.25, 0.3) is 0 Å². The number of fused-ring (bicyclic) bond motifs is 1. The van der Waals surface area contributed by atoms with Gasteiger partial charge in [0.15, 0.2) is 0 Å². The number of ketones is 1. The quantitative estimate of drug-likeness (QED) is 0.0156. The second-order valence-electron chi connectivity index (χ2n) is 19.4. The van der Waals surface area contributed by atoms with Crippen molar-refractivity contribution in [1.82, 2.24) is 0 Å². The summed E-state index contributed by atoms with van der Waals surface area (Å²) >= 11 is 2.10. The predicted molar refractivity (Wildman–Crippen MR) is 298 cm³/mol. The molecule has 3 aromatic carbocycles. The summed E-state index contributed by atoms with van der Waals surface area (Å²) in [6.45, 7) is 6.51. The van der Waals surface area contributed by atoms with Gasteiger partial charge < -0.3 is 42.6 Å². The second-order valence-corrected chi connectivity index (χ2v) is 21.7. The maximum atomic E-state index is 13.6. The van der Waals surface area contributed by atoms with Crippen molar-refractivity contribution in [2.24, 2.45) is 23.7 Å². The topological polar surface area (TPSA) is 301 Å². The maximum absolute atomic E-state index is 13.6. The van der Waals surface area contributed by atoms with E-state index in [4.69, 9.17) is 42.6 Å². The molecule has 1 heterocycles. The molecule has 6 rings (SSSR count). The highest BCUT2D eigenvalue weighted by molar-refractivity contribution is 8.24. The first-order chi connectivity index (χ1) is 40.5. The third-order valence-corrected chi connectivity index (χ3v) is 16.2. The third kappa shape index (κ3) is 20.7. The summed E-state index contributed by atoms with van der Waals surface area (Å²) in [5, 5.41) is 19.4. The minimum atomic E-state index is -0.643. The van der Waals surface area contributed by atoms with Gasteiger partial charge in [0.05, 0.1) is 76.8 Å². The molecule has 84 heavy (non-hydrogen) atoms. The number of rotatable bonds is 29. The summed E-state index contributed by atoms with van der Waals surface area (Å²) in [4.78, 5) is 125. The van der Waals surface area contributed by atoms with Crippen LogP contribution in [0.3, 0.4) is 0 Å². The van der Waals surface area contributed by atoms with Gasteiger partial charge in [-0.05, 0) is 105 Å². The summed E-state index contributed by atoms with van der Waals surface area (Å²) in [7, 11) is 0. The monoisotopic (exact) mass is 1190 g/mol. The number of nitrogens with zero attached hydrogens (tertiary/aromatic N) is 2. The van der Waals surface area contributed by atoms with E-state index in [0.717, 1.165) is 46.8 Å². The van der Waals surface area contributed by atoms with Crippen LogP contribution in [0.25, 0.3) is 0 Å². The Morgan fingerprint density at radius 2 is 0.810 bits per heavy atom. The highest BCUT2D eigenvalue weighted by Crippen LogP contribution is 2.59. The first kappa shape index (κ1) is 64.6. The van der Waals surface area contributed by atoms with Gasteiger partial charge in [-0.2, -0.15) is 10.5 Å². The van der Waals surface area contributed by atoms with Crippen LogP contribution in [0.4, 0.5) is 0 Å². The predicted octanol–water partition coefficient (Wildman–Crippen LogP) is 8.86. The number of hydrogen-bond donors (Lipinski definition) is 0. The molecule has 0 amide bonds. The Morgan fingerprint density at radius 1 is 0.452 bits per heavy atom. The van der Waals surface area contributed by atoms with Gasteiger partial charge in [0, 0.05) is 37.8 Å². The van der Waals surface area contributed by atoms with E-state index < -0.39 is 77.4 Å². The van der Waals surface area contributed by atoms with Gasteiger partial charge in [0.1, 0.15) is 59.7 Å². The Balaban J connectivity index is 0.900. The van der Waals surface area contributed by atoms with E-state index in [0.29, 0.717) is 96.2 Å². The first-order valence-corrected chi connectivity index (χ1v) is 28.9. The number of Topliss-reactive ketones (excluding diaryl/α,β-unsaturated/α-hetero) is 1. The number of thioether (sulfide) groups is 2. The number of hydrogen-bond acceptors (Lipinski definition) is 23. The fraction of sp³-hybridized carbons (Fsp3) is 0.410. The number of carbonyl (C=O) groups excluding carboxylic acids is 10. The van der Waals surface area contributed by atoms with Crippen molar-refractivity contribution in [2.45, 2.75) is 113 Å². The fourth-order valence-electron chi connectivity index (χ4n) is 8.88. The molecule has 0 unspecified atom stereocenters. The molecule has 3 aromatic rings. The normalized spacial score (nSPS) is 16.8. The van der Waals surface area contributed by atoms with Crippen molar-refractivity contribution in [3.05, 3.63) is 107 Å². The first-order valence-electron chi connectivity index (χ1n) is 27.2. The molecule has 21 nitrogen and oxygen atoms in total. The second kappa shape index (κ2) is 33.5. The number of carbonyl (C=O) groups is 10. The maximum Gasteiger partial charge on any atom is 0.330 e. The molecule has 23 heteroatoms. The average Bonchev–Trinajstić information content (AvgIpc) is 3.51. The smallest absolute Gasteiger partial charge is 0.330 e. The molecular formula is C61H62N2O19S2. The lowest BCUT2D eigenvalue weighted by atomic mass is 9.82. The molecule has 0 radical (unpaired) electrons. The van der Waals surface area contributed by atoms with Gasteiger partial charge >= 0.3 is 53.7 Å². The molecule has 3 aliphatic rings. The van der Waals surface area contributed by atoms with Crippen LogP contribution in [0.1, 0.15) is 101 Å². The van der Waals surface area contributed by atoms with Crippen molar-refractivity contribution in [2.75, 3.05) is 33.0 Å². The Bertz CT molecular complexity index is 2850. The van der Waals surface area contributed by atoms with Gasteiger partial charge in [0.2, 0.25) is 0 Å². The molecule has 2 fully saturated rings. The lowest BCUT2D eigenvalue weighted by Crippen LogP contribution is -2.30. The molecule has 0 bridgehead atoms. The summed E-state index contributed by atoms with van der Waals surface area (Å²) in [5.74, 6) is -6.10. The van der Waals surface area contributed by atoms with Crippen LogP contribution in [0.5, 0.6) is 23.0 Å². The van der Waals surface area contributed by atoms with Crippen molar-refractivity contribution >= 4 is 83.0 Å². The number of nitriles is 2. The molecule has 0 aromatic heterocycles. The molecule has 2 saturated carbocycles. The number of benzene rings is 3. The molecule has 442 valence electrons. The molecule has 0 spiro atoms. The molecular weight excluding hydrogens is 1130 g/mol. The Labute approximate surface area is 493 Å². The molecule has 1 aliphatic heterocycles. The van der Waals surface area contributed by atoms with E-state index in [1.165, 1.54) is 12.1 Å². The standard InChI is InChI=1S/C61H62N2O19S2/c1-3-50(65)74-31-5-6-45(64)19-26-52(67)75-32-29-38-7-20-46(21-8-38)79-57(70)40-11-15-42(16-12-40)59(72)81-48-24-25-49(56-55(48)83-61(84-56)44(36-62)37-63)82-60(73)43-17-13-41(14-18-43)58(71)80-47-22-9-39(10-23-47)30-33-76-53(68)27-28-54(69)78-35-34-77-51(66)4-2/h3-4,7-10,20-25,40-43H,1-2,5-6,11-19,26-35H2. The third-order valence-electron chi connectivity index (χ3n) is 13.6. The van der Waals surface area contributed by atoms with E-state index in [1.807, 2.05) is 12.1 Å². The lowest BCUT2D eigenvalue weighted by molar-refractivity contribution is -0.152. The summed E-state index contributed by atoms with van der Waals surface area (Å²) in [5.41, 5.74) is 1.46. The van der Waals surface area contributed by atoms with Crippen molar-refractivity contribution in [3.8, 4) is 35.1 Å². The SMILES string of the molecule is C=CC(=O)OCCCC(=O)CCC(=O)OCCc1ccc(OC(=O)C2CCC(C(=O)Oc3ccc(OC(=O)C4CCC(C(=O)Oc5ccc(CCOC(=O)CCC(=O)OCCOC(=O)C=C)cc5)CC4)c4c3SC(=C(C#N)C#N)S4)CC2)cc1. The van der Waals surface area contributed by atoms with Crippen molar-refractivity contribution in [1.29, 1.82) is 10.5 Å². The zero-order chi connectivity index (χ0) is 60.4. The number of ether oxygens (including phenoxy) is 9. The number of allylic oxidation sites excluding steroid dienone is 1. The fourth-order valence-corrected chi connectivity index (χ4v) is 11.4. The largest absolute Gasteiger partial charge is 0.465 e. The van der Waals surface area contributed by atoms with E-state index >= 15 is 0 Å². The molecule has 0 atom stereocenters. The lowest BCUT2D eigenvalue weighted by Gasteiger charge is -2.26. The van der Waals surface area contributed by atoms with Crippen LogP contribution in [0, 0.1) is 46.3 Å². The van der Waals surface area contributed by atoms with Gasteiger partial charge in [-0.15, -0.1) is 0 Å². The highest BCUT2D eigenvalue weighted by Gasteiger charge is 2.37. The Kier molecular flexibility index (Phi) is 25.8. The Hall–Kier alpha value is -8.54. The van der Waals surface area contributed by atoms with Crippen LogP contribution in [0.2, 0.25) is 0 Å². The van der Waals surface area contributed by atoms with Gasteiger partial charge in [-0.25, -0.2) is 9.59 Å². The van der Waals surface area contributed by atoms with E-state index in [-0.39, 0.29) is 88.0 Å². The van der Waals surface area contributed by atoms with Gasteiger partial charge in [-0.3, -0.25) is 38.4 Å². The Morgan fingerprint density at radius 3 is 1.20 bits per heavy atom. The van der Waals surface area contributed by atoms with E-state index in [2.05, 4.69) is 13.2 Å². The van der Waals surface area contributed by atoms with E-state index in [1.54, 1.807) is 48.5 Å². The zero-order valence-electron chi connectivity index (χ0n) is 46.0. The average molecular weight is 1190 g/mol. The van der Waals surface area contributed by atoms with Crippen molar-refractivity contribution in [3.63, 3.8) is 0 Å². The summed E-state index contributed by atoms with van der Waals surface area (Å²) in [6, 6.07) is 20.2. The van der Waals surface area contributed by atoms with Crippen LogP contribution >= 0.6 is 23.5 Å².